The van der Waals surface area contributed by atoms with Crippen molar-refractivity contribution in [3.05, 3.63) is 77.5 Å². The Bertz CT molecular complexity index is 987. The van der Waals surface area contributed by atoms with E-state index < -0.39 is 17.5 Å². The number of rotatable bonds is 7. The Kier molecular flexibility index (Phi) is 6.52. The van der Waals surface area contributed by atoms with Crippen LogP contribution < -0.4 is 9.64 Å². The second-order valence-corrected chi connectivity index (χ2v) is 6.86. The van der Waals surface area contributed by atoms with Crippen LogP contribution in [0.4, 0.5) is 14.5 Å². The van der Waals surface area contributed by atoms with Gasteiger partial charge >= 0.3 is 0 Å². The van der Waals surface area contributed by atoms with Gasteiger partial charge in [-0.1, -0.05) is 18.7 Å². The summed E-state index contributed by atoms with van der Waals surface area (Å²) in [7, 11) is 1.56. The maximum atomic E-state index is 14.7. The highest BCUT2D eigenvalue weighted by atomic mass is 19.1. The number of halogens is 2. The molecular weight excluding hydrogens is 390 g/mol. The Labute approximate surface area is 174 Å². The van der Waals surface area contributed by atoms with Crippen molar-refractivity contribution in [2.24, 2.45) is 0 Å². The number of anilines is 1. The summed E-state index contributed by atoms with van der Waals surface area (Å²) in [6.07, 6.45) is 1.50. The molecule has 2 aromatic rings. The maximum absolute atomic E-state index is 14.7. The fourth-order valence-corrected chi connectivity index (χ4v) is 3.47. The second kappa shape index (κ2) is 9.09. The number of nitrogens with zero attached hydrogens (tertiary/aromatic N) is 2. The zero-order valence-corrected chi connectivity index (χ0v) is 17.0. The minimum Gasteiger partial charge on any atom is -0.497 e. The molecule has 158 valence electrons. The molecule has 3 rings (SSSR count). The number of hydrogen-bond donors (Lipinski definition) is 1. The molecular formula is C23H24F2N2O3. The van der Waals surface area contributed by atoms with Crippen LogP contribution in [0.5, 0.6) is 5.75 Å². The van der Waals surface area contributed by atoms with E-state index >= 15 is 0 Å². The summed E-state index contributed by atoms with van der Waals surface area (Å²) in [6.45, 7) is 6.17. The standard InChI is InChI=1S/C23H24F2N2O3/c1-4-26(11-12-28)23(29)18-14-27(13-16-5-7-17(30-3)8-6-16)22-20(25)10-9-19(24)21(22)15(18)2/h5-10,14,28H,2,4,11-13H2,1,3H3. The topological polar surface area (TPSA) is 53.0 Å². The number of fused-ring (bicyclic) bond motifs is 1. The molecule has 0 fully saturated rings. The minimum absolute atomic E-state index is 0.0330. The van der Waals surface area contributed by atoms with Crippen LogP contribution in [0.25, 0.3) is 5.57 Å². The van der Waals surface area contributed by atoms with Crippen molar-refractivity contribution in [1.82, 2.24) is 4.90 Å². The van der Waals surface area contributed by atoms with Crippen molar-refractivity contribution in [3.8, 4) is 5.75 Å². The Balaban J connectivity index is 2.07. The molecule has 2 aromatic carbocycles. The molecule has 0 bridgehead atoms. The molecule has 5 nitrogen and oxygen atoms in total. The van der Waals surface area contributed by atoms with Crippen LogP contribution in [-0.4, -0.2) is 42.7 Å². The molecule has 1 amide bonds. The van der Waals surface area contributed by atoms with Gasteiger partial charge < -0.3 is 19.6 Å². The first kappa shape index (κ1) is 21.5. The first-order chi connectivity index (χ1) is 14.4. The zero-order chi connectivity index (χ0) is 21.8. The normalized spacial score (nSPS) is 13.0. The molecule has 0 unspecified atom stereocenters. The van der Waals surface area contributed by atoms with Gasteiger partial charge in [0.1, 0.15) is 17.4 Å². The van der Waals surface area contributed by atoms with Gasteiger partial charge in [-0.25, -0.2) is 8.78 Å². The average molecular weight is 414 g/mol. The zero-order valence-electron chi connectivity index (χ0n) is 17.0. The fraction of sp³-hybridized carbons (Fsp3) is 0.261. The van der Waals surface area contributed by atoms with Gasteiger partial charge in [-0.2, -0.15) is 0 Å². The van der Waals surface area contributed by atoms with Gasteiger partial charge in [0.15, 0.2) is 0 Å². The number of aliphatic hydroxyl groups is 1. The summed E-state index contributed by atoms with van der Waals surface area (Å²) < 4.78 is 34.6. The molecule has 0 aliphatic carbocycles. The van der Waals surface area contributed by atoms with E-state index in [4.69, 9.17) is 4.74 Å². The van der Waals surface area contributed by atoms with Gasteiger partial charge in [0, 0.05) is 31.4 Å². The molecule has 0 spiro atoms. The lowest BCUT2D eigenvalue weighted by Gasteiger charge is -2.32. The summed E-state index contributed by atoms with van der Waals surface area (Å²) in [5.41, 5.74) is 1.11. The number of aliphatic hydroxyl groups excluding tert-OH is 1. The van der Waals surface area contributed by atoms with Crippen molar-refractivity contribution in [2.75, 3.05) is 31.7 Å². The summed E-state index contributed by atoms with van der Waals surface area (Å²) in [6, 6.07) is 9.28. The number of methoxy groups -OCH3 is 1. The van der Waals surface area contributed by atoms with Crippen molar-refractivity contribution >= 4 is 17.2 Å². The second-order valence-electron chi connectivity index (χ2n) is 6.86. The van der Waals surface area contributed by atoms with E-state index in [9.17, 15) is 18.7 Å². The SMILES string of the molecule is C=C1C(C(=O)N(CC)CCO)=CN(Cc2ccc(OC)cc2)c2c(F)ccc(F)c21. The lowest BCUT2D eigenvalue weighted by atomic mass is 9.92. The van der Waals surface area contributed by atoms with Crippen LogP contribution in [0.15, 0.2) is 54.8 Å². The van der Waals surface area contributed by atoms with Crippen molar-refractivity contribution in [2.45, 2.75) is 13.5 Å². The minimum atomic E-state index is -0.653. The smallest absolute Gasteiger partial charge is 0.256 e. The summed E-state index contributed by atoms with van der Waals surface area (Å²) in [5.74, 6) is -0.978. The predicted molar refractivity (Wildman–Crippen MR) is 112 cm³/mol. The molecule has 1 aliphatic heterocycles. The highest BCUT2D eigenvalue weighted by Crippen LogP contribution is 2.41. The number of benzene rings is 2. The Morgan fingerprint density at radius 2 is 1.83 bits per heavy atom. The van der Waals surface area contributed by atoms with Crippen molar-refractivity contribution in [3.63, 3.8) is 0 Å². The van der Waals surface area contributed by atoms with E-state index in [2.05, 4.69) is 6.58 Å². The van der Waals surface area contributed by atoms with E-state index in [1.807, 2.05) is 12.1 Å². The molecule has 1 N–H and O–H groups in total. The average Bonchev–Trinajstić information content (AvgIpc) is 2.75. The van der Waals surface area contributed by atoms with Crippen molar-refractivity contribution < 1.29 is 23.4 Å². The number of carbonyl (C=O) groups excluding carboxylic acids is 1. The first-order valence-corrected chi connectivity index (χ1v) is 9.60. The number of amides is 1. The number of likely N-dealkylation sites (N-methyl/N-ethyl adjacent to an activating group) is 1. The molecule has 0 atom stereocenters. The van der Waals surface area contributed by atoms with Crippen LogP contribution in [0.2, 0.25) is 0 Å². The summed E-state index contributed by atoms with van der Waals surface area (Å²) >= 11 is 0. The van der Waals surface area contributed by atoms with Gasteiger partial charge in [-0.3, -0.25) is 4.79 Å². The van der Waals surface area contributed by atoms with Crippen LogP contribution in [0, 0.1) is 11.6 Å². The molecule has 1 aliphatic rings. The summed E-state index contributed by atoms with van der Waals surface area (Å²) in [5, 5.41) is 9.24. The molecule has 0 radical (unpaired) electrons. The molecule has 1 heterocycles. The third-order valence-electron chi connectivity index (χ3n) is 5.06. The fourth-order valence-electron chi connectivity index (χ4n) is 3.47. The van der Waals surface area contributed by atoms with Gasteiger partial charge in [0.2, 0.25) is 0 Å². The lowest BCUT2D eigenvalue weighted by molar-refractivity contribution is -0.127. The van der Waals surface area contributed by atoms with E-state index in [1.54, 1.807) is 26.2 Å². The first-order valence-electron chi connectivity index (χ1n) is 9.60. The van der Waals surface area contributed by atoms with Crippen molar-refractivity contribution in [1.29, 1.82) is 0 Å². The predicted octanol–water partition coefficient (Wildman–Crippen LogP) is 3.73. The Hall–Kier alpha value is -3.19. The third kappa shape index (κ3) is 4.07. The van der Waals surface area contributed by atoms with E-state index in [-0.39, 0.29) is 42.1 Å². The van der Waals surface area contributed by atoms with E-state index in [0.717, 1.165) is 17.7 Å². The highest BCUT2D eigenvalue weighted by Gasteiger charge is 2.31. The van der Waals surface area contributed by atoms with E-state index in [1.165, 1.54) is 16.0 Å². The number of hydrogen-bond acceptors (Lipinski definition) is 4. The third-order valence-corrected chi connectivity index (χ3v) is 5.06. The maximum Gasteiger partial charge on any atom is 0.256 e. The molecule has 0 saturated heterocycles. The van der Waals surface area contributed by atoms with Crippen LogP contribution in [0.3, 0.4) is 0 Å². The van der Waals surface area contributed by atoms with Gasteiger partial charge in [0.05, 0.1) is 25.0 Å². The van der Waals surface area contributed by atoms with Gasteiger partial charge in [0.25, 0.3) is 5.91 Å². The Morgan fingerprint density at radius 1 is 1.17 bits per heavy atom. The highest BCUT2D eigenvalue weighted by molar-refractivity contribution is 6.11. The van der Waals surface area contributed by atoms with Crippen LogP contribution in [0.1, 0.15) is 18.1 Å². The Morgan fingerprint density at radius 3 is 2.43 bits per heavy atom. The monoisotopic (exact) mass is 414 g/mol. The molecule has 0 saturated carbocycles. The lowest BCUT2D eigenvalue weighted by Crippen LogP contribution is -2.36. The quantitative estimate of drug-likeness (QED) is 0.750. The molecule has 30 heavy (non-hydrogen) atoms. The molecule has 7 heteroatoms. The van der Waals surface area contributed by atoms with Crippen LogP contribution >= 0.6 is 0 Å². The van der Waals surface area contributed by atoms with E-state index in [0.29, 0.717) is 12.3 Å². The van der Waals surface area contributed by atoms with Gasteiger partial charge in [-0.05, 0) is 42.3 Å². The number of ether oxygens (including phenoxy) is 1. The summed E-state index contributed by atoms with van der Waals surface area (Å²) in [4.78, 5) is 16.0. The van der Waals surface area contributed by atoms with Gasteiger partial charge in [-0.15, -0.1) is 0 Å². The molecule has 0 aromatic heterocycles. The number of carbonyl (C=O) groups is 1. The van der Waals surface area contributed by atoms with Crippen LogP contribution in [-0.2, 0) is 11.3 Å². The largest absolute Gasteiger partial charge is 0.497 e.